The van der Waals surface area contributed by atoms with E-state index in [0.29, 0.717) is 13.0 Å². The molecule has 7 heteroatoms. The van der Waals surface area contributed by atoms with Crippen molar-refractivity contribution in [2.24, 2.45) is 5.10 Å². The Morgan fingerprint density at radius 2 is 1.76 bits per heavy atom. The fraction of sp³-hybridized carbons (Fsp3) is 0.308. The summed E-state index contributed by atoms with van der Waals surface area (Å²) in [5, 5.41) is 6.35. The Morgan fingerprint density at radius 3 is 2.42 bits per heavy atom. The lowest BCUT2D eigenvalue weighted by molar-refractivity contribution is -0.134. The summed E-state index contributed by atoms with van der Waals surface area (Å²) in [5.74, 6) is 1.54. The van der Waals surface area contributed by atoms with Crippen molar-refractivity contribution in [3.05, 3.63) is 84.3 Å². The average molecular weight is 445 g/mol. The van der Waals surface area contributed by atoms with E-state index in [9.17, 15) is 4.79 Å². The predicted octanol–water partition coefficient (Wildman–Crippen LogP) is 3.79. The van der Waals surface area contributed by atoms with E-state index in [-0.39, 0.29) is 11.9 Å². The number of carbonyl (C=O) groups is 1. The van der Waals surface area contributed by atoms with Crippen LogP contribution in [0.5, 0.6) is 5.75 Å². The molecule has 7 nitrogen and oxygen atoms in total. The lowest BCUT2D eigenvalue weighted by Crippen LogP contribution is -2.49. The molecule has 0 spiro atoms. The van der Waals surface area contributed by atoms with Crippen molar-refractivity contribution in [2.45, 2.75) is 12.5 Å². The largest absolute Gasteiger partial charge is 0.497 e. The molecule has 1 fully saturated rings. The molecule has 0 saturated carbocycles. The summed E-state index contributed by atoms with van der Waals surface area (Å²) >= 11 is 0. The highest BCUT2D eigenvalue weighted by molar-refractivity contribution is 6.03. The van der Waals surface area contributed by atoms with E-state index in [2.05, 4.69) is 34.1 Å². The third-order valence-electron chi connectivity index (χ3n) is 6.31. The van der Waals surface area contributed by atoms with Crippen molar-refractivity contribution in [3.63, 3.8) is 0 Å². The zero-order valence-corrected chi connectivity index (χ0v) is 18.8. The Balaban J connectivity index is 1.28. The minimum absolute atomic E-state index is 0.00641. The Hall–Kier alpha value is -3.58. The Kier molecular flexibility index (Phi) is 6.13. The molecule has 5 rings (SSSR count). The number of rotatable bonds is 6. The van der Waals surface area contributed by atoms with E-state index in [0.717, 1.165) is 49.0 Å². The van der Waals surface area contributed by atoms with Crippen LogP contribution in [-0.4, -0.2) is 61.4 Å². The zero-order chi connectivity index (χ0) is 22.6. The van der Waals surface area contributed by atoms with Gasteiger partial charge in [0.1, 0.15) is 17.6 Å². The number of hydrazone groups is 1. The summed E-state index contributed by atoms with van der Waals surface area (Å²) in [7, 11) is 1.65. The number of piperazine rings is 1. The van der Waals surface area contributed by atoms with E-state index in [1.54, 1.807) is 18.4 Å². The van der Waals surface area contributed by atoms with Crippen LogP contribution in [0.15, 0.2) is 82.5 Å². The highest BCUT2D eigenvalue weighted by Crippen LogP contribution is 2.33. The van der Waals surface area contributed by atoms with Gasteiger partial charge in [0, 0.05) is 38.3 Å². The molecule has 0 aliphatic carbocycles. The monoisotopic (exact) mass is 444 g/mol. The standard InChI is InChI=1S/C26H28N4O3/c1-32-22-11-9-20(10-12-22)23-18-24(25-8-5-17-33-25)30(27-23)26(31)19-28-13-15-29(16-14-28)21-6-3-2-4-7-21/h2-12,17,24H,13-16,18-19H2,1H3/t24-/m0/s1. The van der Waals surface area contributed by atoms with Gasteiger partial charge in [0.15, 0.2) is 0 Å². The van der Waals surface area contributed by atoms with Gasteiger partial charge >= 0.3 is 0 Å². The van der Waals surface area contributed by atoms with E-state index < -0.39 is 0 Å². The Bertz CT molecular complexity index is 1090. The first-order valence-electron chi connectivity index (χ1n) is 11.3. The minimum atomic E-state index is -0.227. The molecule has 0 N–H and O–H groups in total. The van der Waals surface area contributed by atoms with Crippen molar-refractivity contribution >= 4 is 17.3 Å². The number of hydrogen-bond donors (Lipinski definition) is 0. The highest BCUT2D eigenvalue weighted by atomic mass is 16.5. The molecule has 2 aromatic carbocycles. The fourth-order valence-corrected chi connectivity index (χ4v) is 4.47. The number of carbonyl (C=O) groups excluding carboxylic acids is 1. The molecule has 1 saturated heterocycles. The number of ether oxygens (including phenoxy) is 1. The average Bonchev–Trinajstić information content (AvgIpc) is 3.55. The van der Waals surface area contributed by atoms with Crippen LogP contribution in [0.4, 0.5) is 5.69 Å². The van der Waals surface area contributed by atoms with Crippen molar-refractivity contribution in [1.29, 1.82) is 0 Å². The highest BCUT2D eigenvalue weighted by Gasteiger charge is 2.35. The zero-order valence-electron chi connectivity index (χ0n) is 18.8. The van der Waals surface area contributed by atoms with Gasteiger partial charge in [-0.25, -0.2) is 5.01 Å². The number of furan rings is 1. The molecule has 2 aliphatic heterocycles. The maximum Gasteiger partial charge on any atom is 0.257 e. The second kappa shape index (κ2) is 9.50. The van der Waals surface area contributed by atoms with Gasteiger partial charge < -0.3 is 14.1 Å². The van der Waals surface area contributed by atoms with Gasteiger partial charge in [0.2, 0.25) is 0 Å². The molecule has 0 radical (unpaired) electrons. The van der Waals surface area contributed by atoms with E-state index in [4.69, 9.17) is 14.3 Å². The van der Waals surface area contributed by atoms with Crippen LogP contribution in [0.2, 0.25) is 0 Å². The molecule has 0 bridgehead atoms. The van der Waals surface area contributed by atoms with Crippen LogP contribution in [0.25, 0.3) is 0 Å². The number of nitrogens with zero attached hydrogens (tertiary/aromatic N) is 4. The minimum Gasteiger partial charge on any atom is -0.497 e. The smallest absolute Gasteiger partial charge is 0.257 e. The summed E-state index contributed by atoms with van der Waals surface area (Å²) in [6.45, 7) is 3.83. The second-order valence-electron chi connectivity index (χ2n) is 8.35. The van der Waals surface area contributed by atoms with E-state index in [1.165, 1.54) is 5.69 Å². The maximum absolute atomic E-state index is 13.3. The quantitative estimate of drug-likeness (QED) is 0.579. The first-order chi connectivity index (χ1) is 16.2. The van der Waals surface area contributed by atoms with Gasteiger partial charge in [-0.05, 0) is 54.1 Å². The predicted molar refractivity (Wildman–Crippen MR) is 128 cm³/mol. The van der Waals surface area contributed by atoms with Gasteiger partial charge in [0.25, 0.3) is 5.91 Å². The summed E-state index contributed by atoms with van der Waals surface area (Å²) in [4.78, 5) is 17.9. The number of anilines is 1. The summed E-state index contributed by atoms with van der Waals surface area (Å²) in [5.41, 5.74) is 3.09. The van der Waals surface area contributed by atoms with Gasteiger partial charge in [-0.3, -0.25) is 9.69 Å². The Morgan fingerprint density at radius 1 is 1.00 bits per heavy atom. The molecule has 1 amide bonds. The molecule has 2 aliphatic rings. The molecule has 0 unspecified atom stereocenters. The first kappa shape index (κ1) is 21.3. The number of amides is 1. The van der Waals surface area contributed by atoms with Crippen LogP contribution in [0.1, 0.15) is 23.8 Å². The summed E-state index contributed by atoms with van der Waals surface area (Å²) < 4.78 is 10.9. The molecule has 3 aromatic rings. The topological polar surface area (TPSA) is 61.5 Å². The van der Waals surface area contributed by atoms with Crippen molar-refractivity contribution in [3.8, 4) is 5.75 Å². The second-order valence-corrected chi connectivity index (χ2v) is 8.35. The maximum atomic E-state index is 13.3. The third kappa shape index (κ3) is 4.64. The molecule has 170 valence electrons. The summed E-state index contributed by atoms with van der Waals surface area (Å²) in [6.07, 6.45) is 2.26. The molecular formula is C26H28N4O3. The summed E-state index contributed by atoms with van der Waals surface area (Å²) in [6, 6.07) is 21.7. The lowest BCUT2D eigenvalue weighted by atomic mass is 10.0. The SMILES string of the molecule is COc1ccc(C2=NN(C(=O)CN3CCN(c4ccccc4)CC3)[C@H](c3ccco3)C2)cc1. The third-order valence-corrected chi connectivity index (χ3v) is 6.31. The lowest BCUT2D eigenvalue weighted by Gasteiger charge is -2.36. The number of benzene rings is 2. The first-order valence-corrected chi connectivity index (χ1v) is 11.3. The van der Waals surface area contributed by atoms with Crippen LogP contribution in [-0.2, 0) is 4.79 Å². The number of hydrogen-bond acceptors (Lipinski definition) is 6. The molecular weight excluding hydrogens is 416 g/mol. The van der Waals surface area contributed by atoms with Gasteiger partial charge in [-0.2, -0.15) is 5.10 Å². The molecule has 1 aromatic heterocycles. The van der Waals surface area contributed by atoms with Gasteiger partial charge in [-0.1, -0.05) is 18.2 Å². The Labute approximate surface area is 193 Å². The van der Waals surface area contributed by atoms with Crippen LogP contribution < -0.4 is 9.64 Å². The molecule has 3 heterocycles. The van der Waals surface area contributed by atoms with E-state index >= 15 is 0 Å². The van der Waals surface area contributed by atoms with Crippen LogP contribution in [0, 0.1) is 0 Å². The molecule has 1 atom stereocenters. The fourth-order valence-electron chi connectivity index (χ4n) is 4.47. The van der Waals surface area contributed by atoms with Crippen molar-refractivity contribution < 1.29 is 13.9 Å². The number of para-hydroxylation sites is 1. The normalized spacial score (nSPS) is 18.9. The van der Waals surface area contributed by atoms with E-state index in [1.807, 2.05) is 42.5 Å². The number of methoxy groups -OCH3 is 1. The van der Waals surface area contributed by atoms with Gasteiger partial charge in [-0.15, -0.1) is 0 Å². The molecule has 33 heavy (non-hydrogen) atoms. The van der Waals surface area contributed by atoms with Crippen molar-refractivity contribution in [1.82, 2.24) is 9.91 Å². The van der Waals surface area contributed by atoms with Crippen molar-refractivity contribution in [2.75, 3.05) is 44.7 Å². The van der Waals surface area contributed by atoms with Crippen LogP contribution >= 0.6 is 0 Å². The van der Waals surface area contributed by atoms with Gasteiger partial charge in [0.05, 0.1) is 25.6 Å². The van der Waals surface area contributed by atoms with Crippen LogP contribution in [0.3, 0.4) is 0 Å².